The van der Waals surface area contributed by atoms with E-state index in [9.17, 15) is 9.59 Å². The lowest BCUT2D eigenvalue weighted by atomic mass is 9.86. The van der Waals surface area contributed by atoms with E-state index in [2.05, 4.69) is 9.88 Å². The number of H-pyrrole nitrogens is 1. The fourth-order valence-electron chi connectivity index (χ4n) is 5.17. The number of nitrogens with zero attached hydrogens (tertiary/aromatic N) is 3. The van der Waals surface area contributed by atoms with Crippen LogP contribution in [0.1, 0.15) is 37.4 Å². The Hall–Kier alpha value is -2.54. The average Bonchev–Trinajstić information content (AvgIpc) is 3.40. The molecule has 0 unspecified atom stereocenters. The van der Waals surface area contributed by atoms with Gasteiger partial charge in [0.2, 0.25) is 0 Å². The largest absolute Gasteiger partial charge is 0.497 e. The van der Waals surface area contributed by atoms with Crippen LogP contribution in [0, 0.1) is 0 Å². The summed E-state index contributed by atoms with van der Waals surface area (Å²) in [6.07, 6.45) is 3.88. The highest BCUT2D eigenvalue weighted by molar-refractivity contribution is 6.07. The average molecular weight is 396 g/mol. The van der Waals surface area contributed by atoms with Crippen LogP contribution in [0.5, 0.6) is 5.75 Å². The third-order valence-corrected chi connectivity index (χ3v) is 6.86. The van der Waals surface area contributed by atoms with E-state index < -0.39 is 5.54 Å². The van der Waals surface area contributed by atoms with Crippen LogP contribution in [-0.2, 0) is 17.8 Å². The first-order chi connectivity index (χ1) is 14.0. The molecule has 0 spiro atoms. The maximum Gasteiger partial charge on any atom is 0.328 e. The third-order valence-electron chi connectivity index (χ3n) is 6.86. The Morgan fingerprint density at radius 1 is 1.17 bits per heavy atom. The fraction of sp³-hybridized carbons (Fsp3) is 0.545. The van der Waals surface area contributed by atoms with Gasteiger partial charge in [-0.1, -0.05) is 0 Å². The van der Waals surface area contributed by atoms with Crippen molar-refractivity contribution in [1.82, 2.24) is 19.7 Å². The molecule has 2 aromatic rings. The number of carbonyl (C=O) groups excluding carboxylic acids is 2. The molecule has 0 radical (unpaired) electrons. The van der Waals surface area contributed by atoms with Crippen LogP contribution < -0.4 is 4.74 Å². The summed E-state index contributed by atoms with van der Waals surface area (Å²) in [6.45, 7) is 6.08. The number of hydrogen-bond acceptors (Lipinski definition) is 4. The predicted octanol–water partition coefficient (Wildman–Crippen LogP) is 2.74. The van der Waals surface area contributed by atoms with Gasteiger partial charge in [-0.05, 0) is 69.6 Å². The quantitative estimate of drug-likeness (QED) is 0.789. The lowest BCUT2D eigenvalue weighted by Crippen LogP contribution is -2.51. The Morgan fingerprint density at radius 2 is 1.97 bits per heavy atom. The second-order valence-corrected chi connectivity index (χ2v) is 8.67. The van der Waals surface area contributed by atoms with Crippen LogP contribution in [-0.4, -0.2) is 70.4 Å². The van der Waals surface area contributed by atoms with E-state index in [0.717, 1.165) is 54.0 Å². The van der Waals surface area contributed by atoms with Crippen molar-refractivity contribution in [3.05, 3.63) is 29.5 Å². The Balaban J connectivity index is 1.38. The number of hydrogen-bond donors (Lipinski definition) is 1. The predicted molar refractivity (Wildman–Crippen MR) is 110 cm³/mol. The van der Waals surface area contributed by atoms with Crippen LogP contribution in [0.3, 0.4) is 0 Å². The van der Waals surface area contributed by atoms with E-state index >= 15 is 0 Å². The smallest absolute Gasteiger partial charge is 0.328 e. The molecule has 0 bridgehead atoms. The van der Waals surface area contributed by atoms with Crippen molar-refractivity contribution in [2.75, 3.05) is 33.3 Å². The number of carbonyl (C=O) groups is 2. The van der Waals surface area contributed by atoms with Crippen LogP contribution in [0.4, 0.5) is 4.79 Å². The van der Waals surface area contributed by atoms with Crippen LogP contribution in [0.25, 0.3) is 10.9 Å². The minimum Gasteiger partial charge on any atom is -0.497 e. The summed E-state index contributed by atoms with van der Waals surface area (Å²) in [5.74, 6) is 0.732. The van der Waals surface area contributed by atoms with Gasteiger partial charge in [-0.2, -0.15) is 0 Å². The second kappa shape index (κ2) is 6.76. The molecular weight excluding hydrogens is 368 g/mol. The zero-order valence-electron chi connectivity index (χ0n) is 17.2. The molecule has 3 amide bonds. The first-order valence-corrected chi connectivity index (χ1v) is 10.5. The van der Waals surface area contributed by atoms with E-state index in [1.54, 1.807) is 12.0 Å². The first kappa shape index (κ1) is 18.5. The maximum absolute atomic E-state index is 13.3. The van der Waals surface area contributed by atoms with Crippen molar-refractivity contribution in [2.45, 2.75) is 44.7 Å². The lowest BCUT2D eigenvalue weighted by molar-refractivity contribution is -0.133. The summed E-state index contributed by atoms with van der Waals surface area (Å²) in [7, 11) is 1.66. The molecule has 0 aliphatic carbocycles. The van der Waals surface area contributed by atoms with Gasteiger partial charge in [0, 0.05) is 29.6 Å². The standard InChI is InChI=1S/C22H28N4O3/c1-22-13-17-16-12-15(29-2)6-7-18(16)23-19(17)14-26(22)21(28)25(20(22)27)11-5-10-24-8-3-4-9-24/h6-7,12,23H,3-5,8-11,13-14H2,1-2H3/t22-/m0/s1. The number of likely N-dealkylation sites (tertiary alicyclic amines) is 1. The number of rotatable bonds is 5. The first-order valence-electron chi connectivity index (χ1n) is 10.5. The van der Waals surface area contributed by atoms with Crippen LogP contribution in [0.15, 0.2) is 18.2 Å². The molecule has 1 aromatic heterocycles. The fourth-order valence-corrected chi connectivity index (χ4v) is 5.17. The topological polar surface area (TPSA) is 68.9 Å². The highest BCUT2D eigenvalue weighted by Crippen LogP contribution is 2.41. The molecule has 2 saturated heterocycles. The minimum absolute atomic E-state index is 0.0631. The summed E-state index contributed by atoms with van der Waals surface area (Å²) in [5.41, 5.74) is 2.35. The van der Waals surface area contributed by atoms with Crippen molar-refractivity contribution >= 4 is 22.8 Å². The molecule has 154 valence electrons. The van der Waals surface area contributed by atoms with Crippen molar-refractivity contribution in [3.63, 3.8) is 0 Å². The summed E-state index contributed by atoms with van der Waals surface area (Å²) in [5, 5.41) is 1.08. The highest BCUT2D eigenvalue weighted by atomic mass is 16.5. The highest BCUT2D eigenvalue weighted by Gasteiger charge is 2.56. The molecule has 2 fully saturated rings. The van der Waals surface area contributed by atoms with Crippen molar-refractivity contribution in [1.29, 1.82) is 0 Å². The van der Waals surface area contributed by atoms with Gasteiger partial charge in [0.25, 0.3) is 5.91 Å². The number of ether oxygens (including phenoxy) is 1. The molecule has 0 saturated carbocycles. The van der Waals surface area contributed by atoms with E-state index in [0.29, 0.717) is 19.5 Å². The van der Waals surface area contributed by atoms with Gasteiger partial charge in [-0.3, -0.25) is 9.69 Å². The summed E-state index contributed by atoms with van der Waals surface area (Å²) in [4.78, 5) is 35.5. The number of aromatic nitrogens is 1. The molecule has 1 N–H and O–H groups in total. The number of aromatic amines is 1. The van der Waals surface area contributed by atoms with E-state index in [-0.39, 0.29) is 11.9 Å². The van der Waals surface area contributed by atoms with Gasteiger partial charge < -0.3 is 19.5 Å². The molecule has 1 aromatic carbocycles. The minimum atomic E-state index is -0.810. The summed E-state index contributed by atoms with van der Waals surface area (Å²) >= 11 is 0. The van der Waals surface area contributed by atoms with Crippen molar-refractivity contribution in [3.8, 4) is 5.75 Å². The van der Waals surface area contributed by atoms with Gasteiger partial charge in [-0.25, -0.2) is 4.79 Å². The zero-order chi connectivity index (χ0) is 20.2. The van der Waals surface area contributed by atoms with Gasteiger partial charge in [0.15, 0.2) is 0 Å². The third kappa shape index (κ3) is 2.82. The molecule has 3 aliphatic heterocycles. The molecule has 29 heavy (non-hydrogen) atoms. The summed E-state index contributed by atoms with van der Waals surface area (Å²) < 4.78 is 5.38. The molecule has 4 heterocycles. The van der Waals surface area contributed by atoms with E-state index in [1.807, 2.05) is 25.1 Å². The number of imide groups is 1. The van der Waals surface area contributed by atoms with Crippen molar-refractivity contribution in [2.24, 2.45) is 0 Å². The number of methoxy groups -OCH3 is 1. The van der Waals surface area contributed by atoms with Crippen LogP contribution >= 0.6 is 0 Å². The van der Waals surface area contributed by atoms with Crippen LogP contribution in [0.2, 0.25) is 0 Å². The number of benzene rings is 1. The Kier molecular flexibility index (Phi) is 4.31. The van der Waals surface area contributed by atoms with Gasteiger partial charge in [-0.15, -0.1) is 0 Å². The number of nitrogens with one attached hydrogen (secondary N) is 1. The van der Waals surface area contributed by atoms with Gasteiger partial charge in [0.05, 0.1) is 13.7 Å². The number of fused-ring (bicyclic) bond motifs is 4. The molecule has 7 nitrogen and oxygen atoms in total. The molecule has 1 atom stereocenters. The Labute approximate surface area is 170 Å². The molecule has 3 aliphatic rings. The van der Waals surface area contributed by atoms with Crippen molar-refractivity contribution < 1.29 is 14.3 Å². The normalized spacial score (nSPS) is 24.5. The summed E-state index contributed by atoms with van der Waals surface area (Å²) in [6, 6.07) is 5.78. The Bertz CT molecular complexity index is 978. The second-order valence-electron chi connectivity index (χ2n) is 8.67. The number of amides is 3. The van der Waals surface area contributed by atoms with Gasteiger partial charge >= 0.3 is 6.03 Å². The number of urea groups is 1. The van der Waals surface area contributed by atoms with E-state index in [1.165, 1.54) is 17.7 Å². The lowest BCUT2D eigenvalue weighted by Gasteiger charge is -2.35. The Morgan fingerprint density at radius 3 is 2.72 bits per heavy atom. The molecule has 7 heteroatoms. The maximum atomic E-state index is 13.3. The van der Waals surface area contributed by atoms with Gasteiger partial charge in [0.1, 0.15) is 11.3 Å². The molecular formula is C22H28N4O3. The monoisotopic (exact) mass is 396 g/mol. The zero-order valence-corrected chi connectivity index (χ0v) is 17.2. The van der Waals surface area contributed by atoms with E-state index in [4.69, 9.17) is 4.74 Å². The SMILES string of the molecule is COc1ccc2[nH]c3c(c2c1)C[C@@]1(C)C(=O)N(CCCN2CCCC2)C(=O)N1C3. The molecule has 5 rings (SSSR count).